The summed E-state index contributed by atoms with van der Waals surface area (Å²) >= 11 is 0. The molecule has 3 nitrogen and oxygen atoms in total. The lowest BCUT2D eigenvalue weighted by Crippen LogP contribution is -2.29. The van der Waals surface area contributed by atoms with Gasteiger partial charge in [-0.15, -0.1) is 0 Å². The highest BCUT2D eigenvalue weighted by atomic mass is 19.1. The predicted octanol–water partition coefficient (Wildman–Crippen LogP) is 8.65. The van der Waals surface area contributed by atoms with Gasteiger partial charge in [-0.2, -0.15) is 4.57 Å². The summed E-state index contributed by atoms with van der Waals surface area (Å²) in [5.74, 6) is 0.746. The lowest BCUT2D eigenvalue weighted by atomic mass is 9.95. The van der Waals surface area contributed by atoms with Crippen molar-refractivity contribution < 1.29 is 13.4 Å². The van der Waals surface area contributed by atoms with Crippen molar-refractivity contribution in [1.29, 1.82) is 0 Å². The van der Waals surface area contributed by atoms with Gasteiger partial charge >= 0.3 is 0 Å². The van der Waals surface area contributed by atoms with Gasteiger partial charge in [-0.05, 0) is 47.9 Å². The zero-order chi connectivity index (χ0) is 26.5. The number of halogens is 1. The molecular formula is C35H26FN2O+. The van der Waals surface area contributed by atoms with E-state index in [9.17, 15) is 4.39 Å². The van der Waals surface area contributed by atoms with Crippen LogP contribution in [0.3, 0.4) is 0 Å². The van der Waals surface area contributed by atoms with Crippen molar-refractivity contribution in [2.75, 3.05) is 0 Å². The Balaban J connectivity index is 1.53. The predicted molar refractivity (Wildman–Crippen MR) is 155 cm³/mol. The smallest absolute Gasteiger partial charge is 0.294 e. The Labute approximate surface area is 226 Å². The minimum Gasteiger partial charge on any atom is -0.456 e. The molecule has 5 aromatic carbocycles. The molecule has 0 radical (unpaired) electrons. The lowest BCUT2D eigenvalue weighted by molar-refractivity contribution is -0.659. The quantitative estimate of drug-likeness (QED) is 0.218. The van der Waals surface area contributed by atoms with Gasteiger partial charge in [0, 0.05) is 28.0 Å². The molecule has 2 aromatic heterocycles. The third-order valence-corrected chi connectivity index (χ3v) is 7.47. The molecule has 0 aliphatic heterocycles. The van der Waals surface area contributed by atoms with E-state index in [1.807, 2.05) is 12.1 Å². The first-order valence-electron chi connectivity index (χ1n) is 13.0. The molecule has 7 aromatic rings. The van der Waals surface area contributed by atoms with E-state index < -0.39 is 0 Å². The Morgan fingerprint density at radius 3 is 1.97 bits per heavy atom. The molecule has 0 aliphatic rings. The molecule has 7 rings (SSSR count). The molecule has 39 heavy (non-hydrogen) atoms. The van der Waals surface area contributed by atoms with Crippen molar-refractivity contribution in [3.63, 3.8) is 0 Å². The molecule has 0 N–H and O–H groups in total. The van der Waals surface area contributed by atoms with Crippen LogP contribution in [0.1, 0.15) is 5.56 Å². The largest absolute Gasteiger partial charge is 0.456 e. The maximum absolute atomic E-state index is 13.9. The molecular weight excluding hydrogens is 483 g/mol. The van der Waals surface area contributed by atoms with Gasteiger partial charge in [0.2, 0.25) is 0 Å². The van der Waals surface area contributed by atoms with Crippen molar-refractivity contribution in [1.82, 2.24) is 4.57 Å². The first-order chi connectivity index (χ1) is 19.1. The molecule has 0 fully saturated rings. The zero-order valence-electron chi connectivity index (χ0n) is 21.7. The average molecular weight is 510 g/mol. The summed E-state index contributed by atoms with van der Waals surface area (Å²) < 4.78 is 24.4. The van der Waals surface area contributed by atoms with Crippen molar-refractivity contribution in [2.45, 2.75) is 6.92 Å². The van der Waals surface area contributed by atoms with Crippen LogP contribution >= 0.6 is 0 Å². The monoisotopic (exact) mass is 509 g/mol. The van der Waals surface area contributed by atoms with Gasteiger partial charge < -0.3 is 4.42 Å². The number of imidazole rings is 1. The summed E-state index contributed by atoms with van der Waals surface area (Å²) in [6, 6.07) is 36.5. The number of nitrogens with zero attached hydrogens (tertiary/aromatic N) is 2. The maximum Gasteiger partial charge on any atom is 0.294 e. The lowest BCUT2D eigenvalue weighted by Gasteiger charge is -2.15. The number of aromatic nitrogens is 2. The Bertz CT molecular complexity index is 1930. The Morgan fingerprint density at radius 1 is 0.667 bits per heavy atom. The van der Waals surface area contributed by atoms with Crippen LogP contribution in [0.5, 0.6) is 0 Å². The van der Waals surface area contributed by atoms with Crippen LogP contribution in [-0.2, 0) is 7.05 Å². The number of aryl methyl sites for hydroxylation is 2. The molecule has 0 saturated heterocycles. The van der Waals surface area contributed by atoms with Gasteiger partial charge in [-0.1, -0.05) is 78.9 Å². The van der Waals surface area contributed by atoms with Crippen molar-refractivity contribution >= 4 is 21.9 Å². The van der Waals surface area contributed by atoms with Crippen LogP contribution in [0, 0.1) is 12.7 Å². The molecule has 0 aliphatic carbocycles. The second-order valence-corrected chi connectivity index (χ2v) is 9.94. The molecule has 0 saturated carbocycles. The van der Waals surface area contributed by atoms with Crippen molar-refractivity contribution in [2.24, 2.45) is 7.05 Å². The van der Waals surface area contributed by atoms with Crippen molar-refractivity contribution in [3.8, 4) is 39.3 Å². The first-order valence-corrected chi connectivity index (χ1v) is 13.0. The van der Waals surface area contributed by atoms with Gasteiger partial charge in [0.05, 0.1) is 12.6 Å². The highest BCUT2D eigenvalue weighted by molar-refractivity contribution is 6.06. The van der Waals surface area contributed by atoms with Crippen LogP contribution in [0.15, 0.2) is 126 Å². The Hall–Kier alpha value is -4.96. The molecule has 2 heterocycles. The first kappa shape index (κ1) is 23.2. The summed E-state index contributed by atoms with van der Waals surface area (Å²) in [7, 11) is 2.08. The molecule has 0 amide bonds. The van der Waals surface area contributed by atoms with Crippen LogP contribution < -0.4 is 4.57 Å². The summed E-state index contributed by atoms with van der Waals surface area (Å²) in [5, 5.41) is 1.88. The Kier molecular flexibility index (Phi) is 5.41. The normalized spacial score (nSPS) is 11.5. The van der Waals surface area contributed by atoms with E-state index in [4.69, 9.17) is 4.42 Å². The fourth-order valence-electron chi connectivity index (χ4n) is 5.62. The highest BCUT2D eigenvalue weighted by Crippen LogP contribution is 2.39. The van der Waals surface area contributed by atoms with Crippen LogP contribution in [0.4, 0.5) is 4.39 Å². The average Bonchev–Trinajstić information content (AvgIpc) is 3.51. The molecule has 0 spiro atoms. The third-order valence-electron chi connectivity index (χ3n) is 7.47. The maximum atomic E-state index is 13.9. The molecule has 0 unspecified atom stereocenters. The summed E-state index contributed by atoms with van der Waals surface area (Å²) in [4.78, 5) is 0. The number of para-hydroxylation sites is 1. The van der Waals surface area contributed by atoms with Gasteiger partial charge in [-0.25, -0.2) is 8.96 Å². The number of hydrogen-bond donors (Lipinski definition) is 0. The summed E-state index contributed by atoms with van der Waals surface area (Å²) in [5.41, 5.74) is 9.21. The zero-order valence-corrected chi connectivity index (χ0v) is 21.7. The van der Waals surface area contributed by atoms with Gasteiger partial charge in [0.15, 0.2) is 0 Å². The van der Waals surface area contributed by atoms with E-state index >= 15 is 0 Å². The molecule has 4 heteroatoms. The van der Waals surface area contributed by atoms with Crippen LogP contribution in [0.2, 0.25) is 0 Å². The van der Waals surface area contributed by atoms with E-state index in [0.717, 1.165) is 61.2 Å². The molecule has 0 bridgehead atoms. The van der Waals surface area contributed by atoms with Gasteiger partial charge in [0.25, 0.3) is 5.82 Å². The van der Waals surface area contributed by atoms with Gasteiger partial charge in [0.1, 0.15) is 35.1 Å². The van der Waals surface area contributed by atoms with Crippen LogP contribution in [0.25, 0.3) is 61.3 Å². The van der Waals surface area contributed by atoms with E-state index in [2.05, 4.69) is 114 Å². The van der Waals surface area contributed by atoms with Crippen molar-refractivity contribution in [3.05, 3.63) is 133 Å². The van der Waals surface area contributed by atoms with Gasteiger partial charge in [-0.3, -0.25) is 0 Å². The van der Waals surface area contributed by atoms with E-state index in [1.54, 1.807) is 6.07 Å². The van der Waals surface area contributed by atoms with E-state index in [-0.39, 0.29) is 5.82 Å². The van der Waals surface area contributed by atoms with E-state index in [1.165, 1.54) is 12.1 Å². The number of hydrogen-bond acceptors (Lipinski definition) is 1. The number of rotatable bonds is 4. The minimum atomic E-state index is -0.301. The summed E-state index contributed by atoms with van der Waals surface area (Å²) in [6.45, 7) is 2.10. The highest BCUT2D eigenvalue weighted by Gasteiger charge is 2.27. The number of benzene rings is 5. The summed E-state index contributed by atoms with van der Waals surface area (Å²) in [6.07, 6.45) is 4.23. The fourth-order valence-corrected chi connectivity index (χ4v) is 5.62. The Morgan fingerprint density at radius 2 is 1.31 bits per heavy atom. The number of fused-ring (bicyclic) bond motifs is 3. The second-order valence-electron chi connectivity index (χ2n) is 9.94. The fraction of sp³-hybridized carbons (Fsp3) is 0.0571. The second kappa shape index (κ2) is 9.10. The molecule has 188 valence electrons. The SMILES string of the molecule is Cc1cc2oc3cc(F)ccc3c2cc1-c1n(-c2c(-c3ccccc3)cccc2-c2ccccc2)cc[n+]1C. The number of furan rings is 1. The topological polar surface area (TPSA) is 21.9 Å². The molecule has 0 atom stereocenters. The standard InChI is InChI=1S/C35H26FN2O/c1-23-20-32-31(29-17-16-26(36)21-33(29)39-32)22-30(23)35-37(2)18-19-38(35)34-27(24-10-5-3-6-11-24)14-9-15-28(34)25-12-7-4-8-13-25/h3-22H,1-2H3/q+1. The third kappa shape index (κ3) is 3.84. The minimum absolute atomic E-state index is 0.301. The van der Waals surface area contributed by atoms with Crippen LogP contribution in [-0.4, -0.2) is 4.57 Å². The van der Waals surface area contributed by atoms with E-state index in [0.29, 0.717) is 5.58 Å².